The van der Waals surface area contributed by atoms with Crippen molar-refractivity contribution in [1.29, 1.82) is 0 Å². The van der Waals surface area contributed by atoms with Crippen LogP contribution in [0.2, 0.25) is 0 Å². The van der Waals surface area contributed by atoms with Gasteiger partial charge in [0.15, 0.2) is 6.61 Å². The summed E-state index contributed by atoms with van der Waals surface area (Å²) in [7, 11) is 0. The number of fused-ring (bicyclic) bond motifs is 5. The maximum Gasteiger partial charge on any atom is 0.326 e. The highest BCUT2D eigenvalue weighted by atomic mass is 16.5. The first-order chi connectivity index (χ1) is 12.9. The van der Waals surface area contributed by atoms with E-state index in [1.807, 2.05) is 31.2 Å². The maximum atomic E-state index is 12.5. The molecule has 3 amide bonds. The highest BCUT2D eigenvalue weighted by Crippen LogP contribution is 2.52. The smallest absolute Gasteiger partial charge is 0.326 e. The van der Waals surface area contributed by atoms with Gasteiger partial charge in [-0.3, -0.25) is 24.1 Å². The molecule has 27 heavy (non-hydrogen) atoms. The predicted octanol–water partition coefficient (Wildman–Crippen LogP) is 1.28. The maximum absolute atomic E-state index is 12.5. The number of rotatable bonds is 5. The van der Waals surface area contributed by atoms with E-state index in [1.54, 1.807) is 12.1 Å². The van der Waals surface area contributed by atoms with Gasteiger partial charge in [0.1, 0.15) is 6.54 Å². The monoisotopic (exact) mass is 368 g/mol. The Bertz CT molecular complexity index is 814. The van der Waals surface area contributed by atoms with Crippen molar-refractivity contribution in [2.24, 2.45) is 23.7 Å². The van der Waals surface area contributed by atoms with Gasteiger partial charge >= 0.3 is 5.97 Å². The van der Waals surface area contributed by atoms with Crippen LogP contribution >= 0.6 is 0 Å². The molecule has 1 heterocycles. The van der Waals surface area contributed by atoms with Crippen molar-refractivity contribution in [1.82, 2.24) is 4.90 Å². The van der Waals surface area contributed by atoms with E-state index >= 15 is 0 Å². The van der Waals surface area contributed by atoms with Crippen LogP contribution in [-0.4, -0.2) is 41.7 Å². The lowest BCUT2D eigenvalue weighted by Gasteiger charge is -2.16. The average Bonchev–Trinajstić information content (AvgIpc) is 3.32. The Labute approximate surface area is 156 Å². The largest absolute Gasteiger partial charge is 0.454 e. The molecule has 4 atom stereocenters. The fourth-order valence-corrected chi connectivity index (χ4v) is 4.27. The lowest BCUT2D eigenvalue weighted by molar-refractivity contribution is -0.154. The number of likely N-dealkylation sites (tertiary alicyclic amines) is 1. The van der Waals surface area contributed by atoms with E-state index in [9.17, 15) is 19.2 Å². The molecule has 2 aliphatic carbocycles. The molecule has 4 rings (SSSR count). The summed E-state index contributed by atoms with van der Waals surface area (Å²) in [5, 5.41) is 2.62. The Balaban J connectivity index is 1.28. The van der Waals surface area contributed by atoms with Crippen LogP contribution in [0, 0.1) is 30.6 Å². The Hall–Kier alpha value is -2.96. The first-order valence-corrected chi connectivity index (χ1v) is 9.00. The summed E-state index contributed by atoms with van der Waals surface area (Å²) in [6, 6.07) is 7.20. The minimum atomic E-state index is -0.768. The second kappa shape index (κ2) is 6.64. The Morgan fingerprint density at radius 1 is 1.07 bits per heavy atom. The molecule has 0 unspecified atom stereocenters. The molecule has 1 N–H and O–H groups in total. The molecule has 2 fully saturated rings. The Morgan fingerprint density at radius 2 is 1.67 bits per heavy atom. The second-order valence-corrected chi connectivity index (χ2v) is 7.34. The van der Waals surface area contributed by atoms with E-state index < -0.39 is 25.0 Å². The minimum absolute atomic E-state index is 0.0951. The van der Waals surface area contributed by atoms with Gasteiger partial charge in [-0.05, 0) is 37.3 Å². The summed E-state index contributed by atoms with van der Waals surface area (Å²) in [5.41, 5.74) is 1.66. The van der Waals surface area contributed by atoms with Crippen LogP contribution in [0.4, 0.5) is 5.69 Å². The van der Waals surface area contributed by atoms with Crippen LogP contribution in [-0.2, 0) is 23.9 Å². The van der Waals surface area contributed by atoms with E-state index in [0.717, 1.165) is 16.9 Å². The highest BCUT2D eigenvalue weighted by Gasteiger charge is 2.59. The predicted molar refractivity (Wildman–Crippen MR) is 95.2 cm³/mol. The van der Waals surface area contributed by atoms with Crippen LogP contribution in [0.1, 0.15) is 12.0 Å². The molecule has 7 heteroatoms. The summed E-state index contributed by atoms with van der Waals surface area (Å²) in [5.74, 6) is -2.35. The summed E-state index contributed by atoms with van der Waals surface area (Å²) in [6.45, 7) is 1.02. The van der Waals surface area contributed by atoms with Gasteiger partial charge in [-0.25, -0.2) is 0 Å². The molecule has 1 aliphatic heterocycles. The zero-order valence-corrected chi connectivity index (χ0v) is 14.9. The fraction of sp³-hybridized carbons (Fsp3) is 0.400. The third-order valence-corrected chi connectivity index (χ3v) is 5.55. The molecule has 0 spiro atoms. The summed E-state index contributed by atoms with van der Waals surface area (Å²) in [6.07, 6.45) is 4.83. The Morgan fingerprint density at radius 3 is 2.26 bits per heavy atom. The molecular weight excluding hydrogens is 348 g/mol. The van der Waals surface area contributed by atoms with Crippen molar-refractivity contribution in [3.05, 3.63) is 42.0 Å². The topological polar surface area (TPSA) is 92.8 Å². The number of anilines is 1. The Kier molecular flexibility index (Phi) is 4.30. The lowest BCUT2D eigenvalue weighted by atomic mass is 9.85. The van der Waals surface area contributed by atoms with Crippen LogP contribution in [0.3, 0.4) is 0 Å². The van der Waals surface area contributed by atoms with E-state index in [0.29, 0.717) is 5.69 Å². The van der Waals surface area contributed by atoms with E-state index in [-0.39, 0.29) is 35.5 Å². The first kappa shape index (κ1) is 17.5. The van der Waals surface area contributed by atoms with Crippen LogP contribution < -0.4 is 5.32 Å². The number of imide groups is 1. The molecule has 7 nitrogen and oxygen atoms in total. The third kappa shape index (κ3) is 3.13. The highest BCUT2D eigenvalue weighted by molar-refractivity contribution is 6.08. The van der Waals surface area contributed by atoms with Gasteiger partial charge in [0.25, 0.3) is 5.91 Å². The number of allylic oxidation sites excluding steroid dienone is 2. The van der Waals surface area contributed by atoms with Crippen LogP contribution in [0.15, 0.2) is 36.4 Å². The van der Waals surface area contributed by atoms with E-state index in [1.165, 1.54) is 0 Å². The number of aryl methyl sites for hydroxylation is 1. The van der Waals surface area contributed by atoms with Gasteiger partial charge in [-0.15, -0.1) is 0 Å². The summed E-state index contributed by atoms with van der Waals surface area (Å²) >= 11 is 0. The lowest BCUT2D eigenvalue weighted by Crippen LogP contribution is -2.38. The van der Waals surface area contributed by atoms with Gasteiger partial charge < -0.3 is 10.1 Å². The number of nitrogens with one attached hydrogen (secondary N) is 1. The molecule has 0 aromatic heterocycles. The van der Waals surface area contributed by atoms with Crippen molar-refractivity contribution in [2.45, 2.75) is 13.3 Å². The van der Waals surface area contributed by atoms with Gasteiger partial charge in [-0.2, -0.15) is 0 Å². The second-order valence-electron chi connectivity index (χ2n) is 7.34. The summed E-state index contributed by atoms with van der Waals surface area (Å²) < 4.78 is 4.94. The van der Waals surface area contributed by atoms with Crippen molar-refractivity contribution in [3.63, 3.8) is 0 Å². The average molecular weight is 368 g/mol. The number of hydrogen-bond donors (Lipinski definition) is 1. The standard InChI is InChI=1S/C20H20N2O5/c1-11-2-6-14(7-3-11)21-15(23)10-27-16(24)9-22-19(25)17-12-4-5-13(8-12)18(17)20(22)26/h2-7,12-13,17-18H,8-10H2,1H3,(H,21,23)/t12-,13-,17-,18-/m0/s1. The molecule has 2 bridgehead atoms. The quantitative estimate of drug-likeness (QED) is 0.480. The number of hydrogen-bond acceptors (Lipinski definition) is 5. The van der Waals surface area contributed by atoms with Gasteiger partial charge in [0, 0.05) is 5.69 Å². The van der Waals surface area contributed by atoms with E-state index in [2.05, 4.69) is 5.32 Å². The number of ether oxygens (including phenoxy) is 1. The van der Waals surface area contributed by atoms with Crippen molar-refractivity contribution >= 4 is 29.4 Å². The molecule has 1 saturated heterocycles. The number of nitrogens with zero attached hydrogens (tertiary/aromatic N) is 1. The minimum Gasteiger partial charge on any atom is -0.454 e. The number of carbonyl (C=O) groups is 4. The van der Waals surface area contributed by atoms with Gasteiger partial charge in [-0.1, -0.05) is 29.8 Å². The van der Waals surface area contributed by atoms with Crippen molar-refractivity contribution in [2.75, 3.05) is 18.5 Å². The molecular formula is C20H20N2O5. The van der Waals surface area contributed by atoms with Crippen LogP contribution in [0.5, 0.6) is 0 Å². The van der Waals surface area contributed by atoms with Crippen molar-refractivity contribution < 1.29 is 23.9 Å². The zero-order valence-electron chi connectivity index (χ0n) is 14.9. The number of carbonyl (C=O) groups excluding carboxylic acids is 4. The molecule has 1 aromatic carbocycles. The third-order valence-electron chi connectivity index (χ3n) is 5.55. The van der Waals surface area contributed by atoms with E-state index in [4.69, 9.17) is 4.74 Å². The molecule has 1 saturated carbocycles. The first-order valence-electron chi connectivity index (χ1n) is 9.00. The van der Waals surface area contributed by atoms with Crippen molar-refractivity contribution in [3.8, 4) is 0 Å². The fourth-order valence-electron chi connectivity index (χ4n) is 4.27. The molecule has 1 aromatic rings. The number of benzene rings is 1. The number of esters is 1. The SMILES string of the molecule is Cc1ccc(NC(=O)COC(=O)CN2C(=O)[C@@H]3[C@@H](C2=O)[C@H]2C=C[C@H]3C2)cc1. The molecule has 140 valence electrons. The zero-order chi connectivity index (χ0) is 19.1. The van der Waals surface area contributed by atoms with Gasteiger partial charge in [0.05, 0.1) is 11.8 Å². The van der Waals surface area contributed by atoms with Crippen LogP contribution in [0.25, 0.3) is 0 Å². The number of amides is 3. The normalized spacial score (nSPS) is 27.8. The van der Waals surface area contributed by atoms with Gasteiger partial charge in [0.2, 0.25) is 11.8 Å². The molecule has 0 radical (unpaired) electrons. The molecule has 3 aliphatic rings. The summed E-state index contributed by atoms with van der Waals surface area (Å²) in [4.78, 5) is 49.9.